The second kappa shape index (κ2) is 13.6. The molecule has 2 aliphatic heterocycles. The summed E-state index contributed by atoms with van der Waals surface area (Å²) >= 11 is 0. The summed E-state index contributed by atoms with van der Waals surface area (Å²) in [6, 6.07) is 5.64. The lowest BCUT2D eigenvalue weighted by molar-refractivity contribution is 0.257. The van der Waals surface area contributed by atoms with Crippen LogP contribution in [-0.4, -0.2) is 34.1 Å². The molecule has 0 radical (unpaired) electrons. The van der Waals surface area contributed by atoms with Gasteiger partial charge in [-0.3, -0.25) is 4.79 Å². The molecule has 3 rings (SSSR count). The van der Waals surface area contributed by atoms with Gasteiger partial charge in [0.25, 0.3) is 5.56 Å². The Morgan fingerprint density at radius 3 is 2.24 bits per heavy atom. The average molecular weight is 390 g/mol. The second-order valence-electron chi connectivity index (χ2n) is 4.36. The molecular formula is C11H24Cl4N2O4. The summed E-state index contributed by atoms with van der Waals surface area (Å²) in [6.07, 6.45) is 1.25. The highest BCUT2D eigenvalue weighted by Crippen LogP contribution is 2.31. The van der Waals surface area contributed by atoms with Gasteiger partial charge in [-0.1, -0.05) is 6.07 Å². The predicted molar refractivity (Wildman–Crippen MR) is 94.3 cm³/mol. The molecular weight excluding hydrogens is 366 g/mol. The van der Waals surface area contributed by atoms with Gasteiger partial charge in [0.15, 0.2) is 0 Å². The monoisotopic (exact) mass is 388 g/mol. The van der Waals surface area contributed by atoms with Gasteiger partial charge < -0.3 is 26.3 Å². The molecule has 21 heavy (non-hydrogen) atoms. The highest BCUT2D eigenvalue weighted by molar-refractivity contribution is 5.86. The van der Waals surface area contributed by atoms with E-state index in [1.807, 2.05) is 10.6 Å². The molecule has 6 nitrogen and oxygen atoms in total. The first-order chi connectivity index (χ1) is 6.84. The molecule has 0 amide bonds. The van der Waals surface area contributed by atoms with Crippen molar-refractivity contribution in [2.45, 2.75) is 18.9 Å². The van der Waals surface area contributed by atoms with Gasteiger partial charge in [-0.15, -0.1) is 49.6 Å². The van der Waals surface area contributed by atoms with E-state index in [1.165, 1.54) is 12.1 Å². The Labute approximate surface area is 148 Å². The molecule has 0 spiro atoms. The van der Waals surface area contributed by atoms with Crippen LogP contribution in [0.4, 0.5) is 0 Å². The number of pyridine rings is 1. The summed E-state index contributed by atoms with van der Waals surface area (Å²) in [4.78, 5) is 11.6. The zero-order valence-electron chi connectivity index (χ0n) is 11.2. The SMILES string of the molecule is Cl.Cl.Cl.Cl.O.O.O.O=c1cccc2n1C[C@@H]1CNC[C@H]2C1. The van der Waals surface area contributed by atoms with E-state index < -0.39 is 0 Å². The van der Waals surface area contributed by atoms with Crippen LogP contribution in [0.2, 0.25) is 0 Å². The van der Waals surface area contributed by atoms with Gasteiger partial charge in [-0.2, -0.15) is 0 Å². The maximum atomic E-state index is 11.6. The average Bonchev–Trinajstić information content (AvgIpc) is 2.20. The molecule has 1 aromatic heterocycles. The van der Waals surface area contributed by atoms with E-state index in [9.17, 15) is 4.79 Å². The topological polar surface area (TPSA) is 129 Å². The van der Waals surface area contributed by atoms with E-state index in [4.69, 9.17) is 0 Å². The van der Waals surface area contributed by atoms with Crippen molar-refractivity contribution < 1.29 is 16.4 Å². The molecule has 0 aromatic carbocycles. The van der Waals surface area contributed by atoms with Crippen molar-refractivity contribution in [1.29, 1.82) is 0 Å². The Balaban J connectivity index is -0.000000122. The standard InChI is InChI=1S/C11H14N2O.4ClH.3H2O/c14-11-3-1-2-10-9-4-8(5-12-6-9)7-13(10)11;;;;;;;/h1-3,8-9,12H,4-7H2;4*1H;3*1H2/t8-,9+;;;;;;;/m0......./s1. The molecule has 2 bridgehead atoms. The second-order valence-corrected chi connectivity index (χ2v) is 4.36. The number of nitrogens with one attached hydrogen (secondary N) is 1. The van der Waals surface area contributed by atoms with Crippen LogP contribution < -0.4 is 10.9 Å². The van der Waals surface area contributed by atoms with Crippen LogP contribution in [0.25, 0.3) is 0 Å². The highest BCUT2D eigenvalue weighted by Gasteiger charge is 2.30. The normalized spacial score (nSPS) is 19.8. The van der Waals surface area contributed by atoms with Gasteiger partial charge in [-0.05, 0) is 24.9 Å². The fourth-order valence-electron chi connectivity index (χ4n) is 2.74. The van der Waals surface area contributed by atoms with Gasteiger partial charge in [0, 0.05) is 30.8 Å². The van der Waals surface area contributed by atoms with Crippen molar-refractivity contribution in [2.24, 2.45) is 5.92 Å². The number of hydrogen-bond donors (Lipinski definition) is 1. The summed E-state index contributed by atoms with van der Waals surface area (Å²) < 4.78 is 1.96. The van der Waals surface area contributed by atoms with Crippen molar-refractivity contribution >= 4 is 49.6 Å². The first-order valence-corrected chi connectivity index (χ1v) is 5.25. The van der Waals surface area contributed by atoms with Crippen LogP contribution in [0.15, 0.2) is 23.0 Å². The van der Waals surface area contributed by atoms with Gasteiger partial charge >= 0.3 is 0 Å². The number of aromatic nitrogens is 1. The smallest absolute Gasteiger partial charge is 0.250 e. The van der Waals surface area contributed by atoms with Crippen LogP contribution in [0.1, 0.15) is 18.0 Å². The maximum absolute atomic E-state index is 11.6. The number of hydrogen-bond acceptors (Lipinski definition) is 2. The van der Waals surface area contributed by atoms with E-state index in [0.29, 0.717) is 11.8 Å². The minimum atomic E-state index is 0. The number of fused-ring (bicyclic) bond motifs is 4. The largest absolute Gasteiger partial charge is 0.412 e. The fourth-order valence-corrected chi connectivity index (χ4v) is 2.74. The third-order valence-corrected chi connectivity index (χ3v) is 3.38. The van der Waals surface area contributed by atoms with Crippen molar-refractivity contribution in [1.82, 2.24) is 9.88 Å². The molecule has 1 fully saturated rings. The number of halogens is 4. The van der Waals surface area contributed by atoms with Crippen molar-refractivity contribution in [3.63, 3.8) is 0 Å². The molecule has 10 heteroatoms. The van der Waals surface area contributed by atoms with Crippen LogP contribution in [0.5, 0.6) is 0 Å². The van der Waals surface area contributed by atoms with E-state index in [0.717, 1.165) is 19.6 Å². The molecule has 130 valence electrons. The van der Waals surface area contributed by atoms with Gasteiger partial charge in [0.2, 0.25) is 0 Å². The van der Waals surface area contributed by atoms with Crippen molar-refractivity contribution in [3.05, 3.63) is 34.2 Å². The molecule has 0 saturated carbocycles. The van der Waals surface area contributed by atoms with Crippen LogP contribution in [0.3, 0.4) is 0 Å². The van der Waals surface area contributed by atoms with Crippen LogP contribution in [-0.2, 0) is 6.54 Å². The predicted octanol–water partition coefficient (Wildman–Crippen LogP) is -0.232. The zero-order chi connectivity index (χ0) is 9.54. The van der Waals surface area contributed by atoms with Gasteiger partial charge in [0.05, 0.1) is 0 Å². The Hall–Kier alpha value is -0.0500. The highest BCUT2D eigenvalue weighted by atomic mass is 35.5. The zero-order valence-corrected chi connectivity index (χ0v) is 14.5. The third kappa shape index (κ3) is 6.30. The van der Waals surface area contributed by atoms with Gasteiger partial charge in [-0.25, -0.2) is 0 Å². The molecule has 3 heterocycles. The van der Waals surface area contributed by atoms with Crippen molar-refractivity contribution in [3.8, 4) is 0 Å². The Kier molecular flexibility index (Phi) is 21.2. The lowest BCUT2D eigenvalue weighted by Crippen LogP contribution is -2.44. The first kappa shape index (κ1) is 32.8. The summed E-state index contributed by atoms with van der Waals surface area (Å²) in [5.74, 6) is 1.21. The first-order valence-electron chi connectivity index (χ1n) is 5.25. The van der Waals surface area contributed by atoms with Crippen molar-refractivity contribution in [2.75, 3.05) is 13.1 Å². The van der Waals surface area contributed by atoms with E-state index >= 15 is 0 Å². The minimum Gasteiger partial charge on any atom is -0.412 e. The quantitative estimate of drug-likeness (QED) is 0.657. The summed E-state index contributed by atoms with van der Waals surface area (Å²) in [6.45, 7) is 3.00. The molecule has 1 saturated heterocycles. The van der Waals surface area contributed by atoms with E-state index in [-0.39, 0.29) is 71.6 Å². The molecule has 7 N–H and O–H groups in total. The Morgan fingerprint density at radius 1 is 1.00 bits per heavy atom. The molecule has 2 atom stereocenters. The van der Waals surface area contributed by atoms with Crippen LogP contribution >= 0.6 is 49.6 Å². The Morgan fingerprint density at radius 2 is 1.62 bits per heavy atom. The molecule has 0 aliphatic carbocycles. The van der Waals surface area contributed by atoms with E-state index in [2.05, 4.69) is 11.4 Å². The fraction of sp³-hybridized carbons (Fsp3) is 0.545. The van der Waals surface area contributed by atoms with Gasteiger partial charge in [0.1, 0.15) is 0 Å². The minimum absolute atomic E-state index is 0. The summed E-state index contributed by atoms with van der Waals surface area (Å²) in [7, 11) is 0. The molecule has 0 unspecified atom stereocenters. The molecule has 1 aromatic rings. The number of rotatable bonds is 0. The lowest BCUT2D eigenvalue weighted by Gasteiger charge is -2.37. The third-order valence-electron chi connectivity index (χ3n) is 3.38. The maximum Gasteiger partial charge on any atom is 0.250 e. The summed E-state index contributed by atoms with van der Waals surface area (Å²) in [5, 5.41) is 3.43. The van der Waals surface area contributed by atoms with Crippen LogP contribution in [0, 0.1) is 5.92 Å². The lowest BCUT2D eigenvalue weighted by atomic mass is 9.84. The summed E-state index contributed by atoms with van der Waals surface area (Å²) in [5.41, 5.74) is 1.39. The number of nitrogens with zero attached hydrogens (tertiary/aromatic N) is 1. The Bertz CT molecular complexity index is 433. The van der Waals surface area contributed by atoms with E-state index in [1.54, 1.807) is 6.07 Å². The number of piperidine rings is 1. The molecule has 2 aliphatic rings.